The van der Waals surface area contributed by atoms with E-state index in [9.17, 15) is 37.8 Å². The van der Waals surface area contributed by atoms with Crippen molar-refractivity contribution in [3.05, 3.63) is 113 Å². The van der Waals surface area contributed by atoms with E-state index in [2.05, 4.69) is 34.4 Å². The Kier molecular flexibility index (Phi) is 18.4. The summed E-state index contributed by atoms with van der Waals surface area (Å²) < 4.78 is 45.8. The Morgan fingerprint density at radius 2 is 1.48 bits per heavy atom. The third-order valence-corrected chi connectivity index (χ3v) is 11.9. The maximum absolute atomic E-state index is 13.9. The van der Waals surface area contributed by atoms with Crippen molar-refractivity contribution in [2.45, 2.75) is 89.6 Å². The molecule has 0 aliphatic heterocycles. The Balaban J connectivity index is 1.42. The SMILES string of the molecule is CCN(CC)c1ccc(NC(=O)c2cccc(CSC(C)(C)CCOC(C)(C)CCC(=O)N(CCO)CCO)c2)c(-c2cc(C(=O)NCc3cccc(C(F)(F)F)c3)ccn2)c1. The zero-order chi connectivity index (χ0) is 45.5. The van der Waals surface area contributed by atoms with Crippen LogP contribution in [0.2, 0.25) is 0 Å². The summed E-state index contributed by atoms with van der Waals surface area (Å²) in [5, 5.41) is 24.2. The number of ether oxygens (including phenoxy) is 1. The van der Waals surface area contributed by atoms with Crippen molar-refractivity contribution in [1.82, 2.24) is 15.2 Å². The molecule has 336 valence electrons. The highest BCUT2D eigenvalue weighted by Crippen LogP contribution is 2.35. The van der Waals surface area contributed by atoms with E-state index in [0.717, 1.165) is 42.9 Å². The van der Waals surface area contributed by atoms with E-state index < -0.39 is 23.2 Å². The Labute approximate surface area is 367 Å². The largest absolute Gasteiger partial charge is 0.416 e. The van der Waals surface area contributed by atoms with Crippen LogP contribution in [-0.2, 0) is 28.0 Å². The van der Waals surface area contributed by atoms with Gasteiger partial charge in [-0.3, -0.25) is 19.4 Å². The van der Waals surface area contributed by atoms with E-state index >= 15 is 0 Å². The van der Waals surface area contributed by atoms with Gasteiger partial charge in [0.2, 0.25) is 5.91 Å². The second-order valence-electron chi connectivity index (χ2n) is 16.1. The average Bonchev–Trinajstić information content (AvgIpc) is 3.24. The summed E-state index contributed by atoms with van der Waals surface area (Å²) in [7, 11) is 0. The van der Waals surface area contributed by atoms with E-state index in [-0.39, 0.29) is 61.4 Å². The van der Waals surface area contributed by atoms with Crippen LogP contribution in [0.15, 0.2) is 85.1 Å². The minimum Gasteiger partial charge on any atom is -0.395 e. The van der Waals surface area contributed by atoms with E-state index in [4.69, 9.17) is 4.74 Å². The number of rotatable bonds is 23. The number of carbonyl (C=O) groups excluding carboxylic acids is 3. The lowest BCUT2D eigenvalue weighted by Crippen LogP contribution is -2.37. The van der Waals surface area contributed by atoms with Crippen LogP contribution in [0.4, 0.5) is 24.5 Å². The third kappa shape index (κ3) is 15.1. The van der Waals surface area contributed by atoms with Crippen molar-refractivity contribution >= 4 is 40.9 Å². The van der Waals surface area contributed by atoms with Gasteiger partial charge in [-0.05, 0) is 106 Å². The summed E-state index contributed by atoms with van der Waals surface area (Å²) >= 11 is 1.74. The van der Waals surface area contributed by atoms with Gasteiger partial charge in [0.05, 0.1) is 35.8 Å². The molecule has 1 heterocycles. The first-order valence-electron chi connectivity index (χ1n) is 20.9. The second kappa shape index (κ2) is 22.9. The quantitative estimate of drug-likeness (QED) is 0.0576. The van der Waals surface area contributed by atoms with Crippen molar-refractivity contribution in [3.63, 3.8) is 0 Å². The van der Waals surface area contributed by atoms with Crippen LogP contribution in [0.3, 0.4) is 0 Å². The lowest BCUT2D eigenvalue weighted by Gasteiger charge is -2.30. The first-order chi connectivity index (χ1) is 29.4. The Bertz CT molecular complexity index is 2100. The predicted molar refractivity (Wildman–Crippen MR) is 240 cm³/mol. The standard InChI is InChI=1S/C47H60F3N5O6S/c1-7-54(8-2)38-15-16-40(39(30-38)41-29-36(18-21-51-41)43(59)52-31-33-11-10-14-37(28-33)47(48,49)50)53-44(60)35-13-9-12-34(27-35)32-62-46(5,6)20-26-61-45(3,4)19-17-42(58)55(22-24-56)23-25-57/h9-16,18,21,27-30,56-57H,7-8,17,19-20,22-26,31-32H2,1-6H3,(H,52,59)(H,53,60). The normalized spacial score (nSPS) is 11.9. The number of nitrogens with zero attached hydrogens (tertiary/aromatic N) is 3. The van der Waals surface area contributed by atoms with Crippen LogP contribution in [0, 0.1) is 0 Å². The van der Waals surface area contributed by atoms with Crippen LogP contribution >= 0.6 is 11.8 Å². The van der Waals surface area contributed by atoms with Crippen molar-refractivity contribution in [3.8, 4) is 11.3 Å². The molecule has 3 aromatic carbocycles. The number of anilines is 2. The molecule has 15 heteroatoms. The van der Waals surface area contributed by atoms with Gasteiger partial charge in [0.25, 0.3) is 11.8 Å². The molecule has 11 nitrogen and oxygen atoms in total. The summed E-state index contributed by atoms with van der Waals surface area (Å²) in [6, 6.07) is 21.0. The smallest absolute Gasteiger partial charge is 0.395 e. The number of pyridine rings is 1. The van der Waals surface area contributed by atoms with Crippen LogP contribution in [0.5, 0.6) is 0 Å². The van der Waals surface area contributed by atoms with E-state index in [1.54, 1.807) is 23.9 Å². The summed E-state index contributed by atoms with van der Waals surface area (Å²) in [5.41, 5.74) is 3.06. The minimum atomic E-state index is -4.50. The molecule has 0 aliphatic carbocycles. The predicted octanol–water partition coefficient (Wildman–Crippen LogP) is 8.59. The molecule has 1 aromatic heterocycles. The number of nitrogens with one attached hydrogen (secondary N) is 2. The fraction of sp³-hybridized carbons (Fsp3) is 0.447. The Morgan fingerprint density at radius 1 is 0.806 bits per heavy atom. The van der Waals surface area contributed by atoms with Crippen molar-refractivity contribution in [2.75, 3.05) is 56.2 Å². The van der Waals surface area contributed by atoms with Crippen LogP contribution < -0.4 is 15.5 Å². The molecule has 0 fully saturated rings. The van der Waals surface area contributed by atoms with Gasteiger partial charge in [0.15, 0.2) is 0 Å². The maximum atomic E-state index is 13.9. The molecule has 0 bridgehead atoms. The molecule has 0 spiro atoms. The number of hydrogen-bond acceptors (Lipinski definition) is 9. The topological polar surface area (TPSA) is 144 Å². The molecule has 0 aliphatic rings. The highest BCUT2D eigenvalue weighted by Gasteiger charge is 2.30. The molecule has 4 N–H and O–H groups in total. The Morgan fingerprint density at radius 3 is 2.16 bits per heavy atom. The maximum Gasteiger partial charge on any atom is 0.416 e. The Hall–Kier alpha value is -4.96. The molecule has 3 amide bonds. The van der Waals surface area contributed by atoms with Crippen molar-refractivity contribution in [1.29, 1.82) is 0 Å². The lowest BCUT2D eigenvalue weighted by atomic mass is 10.0. The molecule has 0 atom stereocenters. The number of carbonyl (C=O) groups is 3. The summed E-state index contributed by atoms with van der Waals surface area (Å²) in [6.45, 7) is 14.2. The average molecular weight is 880 g/mol. The fourth-order valence-corrected chi connectivity index (χ4v) is 7.63. The van der Waals surface area contributed by atoms with Gasteiger partial charge >= 0.3 is 6.18 Å². The number of amides is 3. The second-order valence-corrected chi connectivity index (χ2v) is 17.8. The zero-order valence-electron chi connectivity index (χ0n) is 36.5. The molecule has 0 saturated heterocycles. The van der Waals surface area contributed by atoms with Gasteiger partial charge in [-0.25, -0.2) is 0 Å². The molecule has 4 rings (SSSR count). The van der Waals surface area contributed by atoms with Crippen LogP contribution in [0.1, 0.15) is 98.2 Å². The van der Waals surface area contributed by atoms with E-state index in [1.807, 2.05) is 64.1 Å². The number of aromatic nitrogens is 1. The first kappa shape index (κ1) is 49.7. The van der Waals surface area contributed by atoms with E-state index in [1.165, 1.54) is 29.3 Å². The number of benzene rings is 3. The molecule has 62 heavy (non-hydrogen) atoms. The monoisotopic (exact) mass is 879 g/mol. The molecular formula is C47H60F3N5O6S. The van der Waals surface area contributed by atoms with Gasteiger partial charge in [-0.2, -0.15) is 24.9 Å². The number of aliphatic hydroxyl groups excluding tert-OH is 2. The summed E-state index contributed by atoms with van der Waals surface area (Å²) in [4.78, 5) is 47.9. The zero-order valence-corrected chi connectivity index (χ0v) is 37.3. The van der Waals surface area contributed by atoms with Gasteiger partial charge in [0, 0.05) is 84.8 Å². The number of thioether (sulfide) groups is 1. The van der Waals surface area contributed by atoms with Gasteiger partial charge in [0.1, 0.15) is 0 Å². The van der Waals surface area contributed by atoms with Crippen molar-refractivity contribution in [2.24, 2.45) is 0 Å². The minimum absolute atomic E-state index is 0.105. The van der Waals surface area contributed by atoms with Crippen LogP contribution in [-0.4, -0.2) is 94.2 Å². The number of halogens is 3. The summed E-state index contributed by atoms with van der Waals surface area (Å²) in [6.07, 6.45) is -1.52. The first-order valence-corrected chi connectivity index (χ1v) is 21.8. The van der Waals surface area contributed by atoms with Gasteiger partial charge < -0.3 is 35.4 Å². The molecule has 0 unspecified atom stereocenters. The summed E-state index contributed by atoms with van der Waals surface area (Å²) in [5.74, 6) is -0.300. The van der Waals surface area contributed by atoms with Gasteiger partial charge in [-0.15, -0.1) is 0 Å². The van der Waals surface area contributed by atoms with E-state index in [0.29, 0.717) is 46.9 Å². The number of hydrogen-bond donors (Lipinski definition) is 4. The third-order valence-electron chi connectivity index (χ3n) is 10.4. The lowest BCUT2D eigenvalue weighted by molar-refractivity contribution is -0.137. The van der Waals surface area contributed by atoms with Crippen molar-refractivity contribution < 1.29 is 42.5 Å². The highest BCUT2D eigenvalue weighted by molar-refractivity contribution is 7.99. The molecule has 0 radical (unpaired) electrons. The number of alkyl halides is 3. The van der Waals surface area contributed by atoms with Crippen LogP contribution in [0.25, 0.3) is 11.3 Å². The molecule has 0 saturated carbocycles. The van der Waals surface area contributed by atoms with Gasteiger partial charge in [-0.1, -0.05) is 38.1 Å². The molecule has 4 aromatic rings. The highest BCUT2D eigenvalue weighted by atomic mass is 32.2. The molecular weight excluding hydrogens is 820 g/mol. The number of aliphatic hydroxyl groups is 2. The fourth-order valence-electron chi connectivity index (χ4n) is 6.66.